The molecule has 1 aromatic carbocycles. The van der Waals surface area contributed by atoms with Gasteiger partial charge in [0, 0.05) is 13.2 Å². The van der Waals surface area contributed by atoms with Crippen LogP contribution in [0.2, 0.25) is 0 Å². The van der Waals surface area contributed by atoms with Crippen molar-refractivity contribution < 1.29 is 18.7 Å². The van der Waals surface area contributed by atoms with Gasteiger partial charge >= 0.3 is 0 Å². The van der Waals surface area contributed by atoms with Crippen LogP contribution in [-0.4, -0.2) is 57.5 Å². The first kappa shape index (κ1) is 19.1. The van der Waals surface area contributed by atoms with Gasteiger partial charge in [-0.2, -0.15) is 0 Å². The van der Waals surface area contributed by atoms with Crippen molar-refractivity contribution >= 4 is 22.8 Å². The topological polar surface area (TPSA) is 102 Å². The highest BCUT2D eigenvalue weighted by Gasteiger charge is 2.22. The minimum absolute atomic E-state index is 0.0137. The van der Waals surface area contributed by atoms with E-state index < -0.39 is 0 Å². The molecule has 2 aromatic heterocycles. The van der Waals surface area contributed by atoms with Crippen LogP contribution in [0.3, 0.4) is 0 Å². The maximum Gasteiger partial charge on any atom is 0.245 e. The maximum absolute atomic E-state index is 13.0. The quantitative estimate of drug-likeness (QED) is 0.616. The van der Waals surface area contributed by atoms with Gasteiger partial charge in [0.2, 0.25) is 11.8 Å². The van der Waals surface area contributed by atoms with E-state index in [1.54, 1.807) is 18.4 Å². The van der Waals surface area contributed by atoms with Gasteiger partial charge in [0.1, 0.15) is 24.4 Å². The second-order valence-corrected chi connectivity index (χ2v) is 7.00. The fourth-order valence-electron chi connectivity index (χ4n) is 3.35. The molecule has 1 fully saturated rings. The molecular weight excluding hydrogens is 374 g/mol. The van der Waals surface area contributed by atoms with Crippen LogP contribution in [0, 0.1) is 0 Å². The number of aromatic nitrogens is 3. The molecule has 0 saturated carbocycles. The molecule has 1 atom stereocenters. The lowest BCUT2D eigenvalue weighted by Crippen LogP contribution is -2.43. The zero-order valence-corrected chi connectivity index (χ0v) is 16.0. The lowest BCUT2D eigenvalue weighted by atomic mass is 10.2. The van der Waals surface area contributed by atoms with Gasteiger partial charge in [-0.05, 0) is 37.1 Å². The van der Waals surface area contributed by atoms with Crippen LogP contribution in [0.4, 0.5) is 0 Å². The Hall–Kier alpha value is -3.20. The largest absolute Gasteiger partial charge is 0.467 e. The van der Waals surface area contributed by atoms with Gasteiger partial charge < -0.3 is 19.4 Å². The average Bonchev–Trinajstić information content (AvgIpc) is 3.49. The number of furan rings is 1. The van der Waals surface area contributed by atoms with Gasteiger partial charge in [-0.3, -0.25) is 9.59 Å². The Morgan fingerprint density at radius 3 is 2.93 bits per heavy atom. The number of amides is 2. The number of hydrogen-bond donors (Lipinski definition) is 1. The SMILES string of the molecule is O=C(CN(Cc1ccco1)C(=O)Cn1nnc2ccccc21)NC[C@@H]1CCCO1. The Labute approximate surface area is 167 Å². The average molecular weight is 397 g/mol. The summed E-state index contributed by atoms with van der Waals surface area (Å²) in [4.78, 5) is 26.9. The third-order valence-electron chi connectivity index (χ3n) is 4.87. The van der Waals surface area contributed by atoms with Crippen LogP contribution in [-0.2, 0) is 27.4 Å². The summed E-state index contributed by atoms with van der Waals surface area (Å²) >= 11 is 0. The smallest absolute Gasteiger partial charge is 0.245 e. The highest BCUT2D eigenvalue weighted by atomic mass is 16.5. The summed E-state index contributed by atoms with van der Waals surface area (Å²) in [5, 5.41) is 11.0. The molecule has 3 aromatic rings. The molecule has 29 heavy (non-hydrogen) atoms. The van der Waals surface area contributed by atoms with Crippen LogP contribution in [0.5, 0.6) is 0 Å². The first-order valence-electron chi connectivity index (χ1n) is 9.66. The molecule has 3 heterocycles. The predicted molar refractivity (Wildman–Crippen MR) is 104 cm³/mol. The summed E-state index contributed by atoms with van der Waals surface area (Å²) in [6.07, 6.45) is 3.54. The van der Waals surface area contributed by atoms with Crippen molar-refractivity contribution in [2.24, 2.45) is 0 Å². The number of fused-ring (bicyclic) bond motifs is 1. The van der Waals surface area contributed by atoms with Crippen molar-refractivity contribution in [1.29, 1.82) is 0 Å². The lowest BCUT2D eigenvalue weighted by molar-refractivity contribution is -0.137. The van der Waals surface area contributed by atoms with Crippen molar-refractivity contribution in [2.45, 2.75) is 32.0 Å². The van der Waals surface area contributed by atoms with Crippen LogP contribution >= 0.6 is 0 Å². The Morgan fingerprint density at radius 1 is 1.24 bits per heavy atom. The van der Waals surface area contributed by atoms with E-state index in [-0.39, 0.29) is 37.6 Å². The number of ether oxygens (including phenoxy) is 1. The molecule has 1 aliphatic heterocycles. The monoisotopic (exact) mass is 397 g/mol. The van der Waals surface area contributed by atoms with Crippen LogP contribution < -0.4 is 5.32 Å². The summed E-state index contributed by atoms with van der Waals surface area (Å²) in [7, 11) is 0. The van der Waals surface area contributed by atoms with E-state index in [2.05, 4.69) is 15.6 Å². The first-order valence-corrected chi connectivity index (χ1v) is 9.66. The predicted octanol–water partition coefficient (Wildman–Crippen LogP) is 1.35. The molecule has 0 bridgehead atoms. The molecule has 4 rings (SSSR count). The van der Waals surface area contributed by atoms with Crippen LogP contribution in [0.1, 0.15) is 18.6 Å². The van der Waals surface area contributed by atoms with Crippen molar-refractivity contribution in [3.63, 3.8) is 0 Å². The fraction of sp³-hybridized carbons (Fsp3) is 0.400. The number of nitrogens with zero attached hydrogens (tertiary/aromatic N) is 4. The molecule has 1 N–H and O–H groups in total. The number of benzene rings is 1. The van der Waals surface area contributed by atoms with E-state index in [9.17, 15) is 9.59 Å². The molecular formula is C20H23N5O4. The van der Waals surface area contributed by atoms with Crippen molar-refractivity contribution in [1.82, 2.24) is 25.2 Å². The second kappa shape index (κ2) is 8.87. The Morgan fingerprint density at radius 2 is 2.14 bits per heavy atom. The van der Waals surface area contributed by atoms with E-state index >= 15 is 0 Å². The summed E-state index contributed by atoms with van der Waals surface area (Å²) < 4.78 is 12.4. The Bertz CT molecular complexity index is 962. The highest BCUT2D eigenvalue weighted by molar-refractivity contribution is 5.85. The molecule has 9 nitrogen and oxygen atoms in total. The van der Waals surface area contributed by atoms with Gasteiger partial charge in [-0.25, -0.2) is 4.68 Å². The van der Waals surface area contributed by atoms with Gasteiger partial charge in [0.25, 0.3) is 0 Å². The minimum Gasteiger partial charge on any atom is -0.467 e. The van der Waals surface area contributed by atoms with Crippen LogP contribution in [0.25, 0.3) is 11.0 Å². The number of nitrogens with one attached hydrogen (secondary N) is 1. The molecule has 0 unspecified atom stereocenters. The number of carbonyl (C=O) groups excluding carboxylic acids is 2. The van der Waals surface area contributed by atoms with E-state index in [4.69, 9.17) is 9.15 Å². The van der Waals surface area contributed by atoms with Gasteiger partial charge in [-0.1, -0.05) is 17.3 Å². The van der Waals surface area contributed by atoms with Crippen molar-refractivity contribution in [2.75, 3.05) is 19.7 Å². The summed E-state index contributed by atoms with van der Waals surface area (Å²) in [5.41, 5.74) is 1.48. The summed E-state index contributed by atoms with van der Waals surface area (Å²) in [5.74, 6) is 0.127. The zero-order chi connectivity index (χ0) is 20.1. The van der Waals surface area contributed by atoms with E-state index in [1.165, 1.54) is 9.58 Å². The Kier molecular flexibility index (Phi) is 5.85. The first-order chi connectivity index (χ1) is 14.2. The van der Waals surface area contributed by atoms with E-state index in [0.717, 1.165) is 25.0 Å². The number of rotatable bonds is 8. The molecule has 9 heteroatoms. The Balaban J connectivity index is 1.42. The summed E-state index contributed by atoms with van der Waals surface area (Å²) in [6, 6.07) is 10.9. The minimum atomic E-state index is -0.246. The van der Waals surface area contributed by atoms with Gasteiger partial charge in [0.05, 0.1) is 24.4 Å². The molecule has 0 radical (unpaired) electrons. The lowest BCUT2D eigenvalue weighted by Gasteiger charge is -2.22. The maximum atomic E-state index is 13.0. The molecule has 0 aliphatic carbocycles. The number of carbonyl (C=O) groups is 2. The number of hydrogen-bond acceptors (Lipinski definition) is 6. The van der Waals surface area contributed by atoms with Crippen LogP contribution in [0.15, 0.2) is 47.1 Å². The van der Waals surface area contributed by atoms with Crippen molar-refractivity contribution in [3.05, 3.63) is 48.4 Å². The standard InChI is InChI=1S/C20H23N5O4/c26-19(21-11-15-5-3-9-28-15)13-24(12-16-6-4-10-29-16)20(27)14-25-18-8-2-1-7-17(18)22-23-25/h1-2,4,6-8,10,15H,3,5,9,11-14H2,(H,21,26)/t15-/m0/s1. The zero-order valence-electron chi connectivity index (χ0n) is 16.0. The second-order valence-electron chi connectivity index (χ2n) is 7.00. The third kappa shape index (κ3) is 4.80. The van der Waals surface area contributed by atoms with E-state index in [0.29, 0.717) is 17.8 Å². The number of para-hydroxylation sites is 1. The molecule has 1 aliphatic rings. The van der Waals surface area contributed by atoms with Crippen molar-refractivity contribution in [3.8, 4) is 0 Å². The molecule has 2 amide bonds. The molecule has 152 valence electrons. The van der Waals surface area contributed by atoms with Gasteiger partial charge in [-0.15, -0.1) is 5.10 Å². The molecule has 1 saturated heterocycles. The highest BCUT2D eigenvalue weighted by Crippen LogP contribution is 2.12. The summed E-state index contributed by atoms with van der Waals surface area (Å²) in [6.45, 7) is 1.30. The van der Waals surface area contributed by atoms with E-state index in [1.807, 2.05) is 24.3 Å². The normalized spacial score (nSPS) is 16.2. The third-order valence-corrected chi connectivity index (χ3v) is 4.87. The fourth-order valence-corrected chi connectivity index (χ4v) is 3.35. The van der Waals surface area contributed by atoms with Gasteiger partial charge in [0.15, 0.2) is 0 Å². The molecule has 0 spiro atoms.